The summed E-state index contributed by atoms with van der Waals surface area (Å²) in [5.41, 5.74) is 6.36. The Labute approximate surface area is 251 Å². The molecule has 10 heteroatoms. The van der Waals surface area contributed by atoms with Crippen molar-refractivity contribution in [1.82, 2.24) is 19.3 Å². The molecule has 0 bridgehead atoms. The third kappa shape index (κ3) is 5.27. The molecule has 0 unspecified atom stereocenters. The van der Waals surface area contributed by atoms with Gasteiger partial charge >= 0.3 is 0 Å². The molecule has 3 aromatic heterocycles. The number of aromatic nitrogens is 4. The lowest BCUT2D eigenvalue weighted by atomic mass is 10.1. The van der Waals surface area contributed by atoms with Crippen molar-refractivity contribution >= 4 is 43.5 Å². The minimum Gasteiger partial charge on any atom is -0.378 e. The van der Waals surface area contributed by atoms with Crippen LogP contribution in [0.4, 0.5) is 11.5 Å². The maximum Gasteiger partial charge on any atom is 0.265 e. The summed E-state index contributed by atoms with van der Waals surface area (Å²) in [4.78, 5) is 7.29. The van der Waals surface area contributed by atoms with Crippen molar-refractivity contribution in [3.63, 3.8) is 0 Å². The van der Waals surface area contributed by atoms with Crippen LogP contribution < -0.4 is 9.62 Å². The third-order valence-electron chi connectivity index (χ3n) is 8.01. The summed E-state index contributed by atoms with van der Waals surface area (Å²) in [6.45, 7) is 6.32. The predicted octanol–water partition coefficient (Wildman–Crippen LogP) is 6.84. The molecule has 0 spiro atoms. The van der Waals surface area contributed by atoms with E-state index in [1.165, 1.54) is 0 Å². The lowest BCUT2D eigenvalue weighted by molar-refractivity contribution is 0.399. The van der Waals surface area contributed by atoms with Crippen molar-refractivity contribution in [3.8, 4) is 5.69 Å². The van der Waals surface area contributed by atoms with Crippen LogP contribution in [-0.2, 0) is 23.0 Å². The average Bonchev–Trinajstić information content (AvgIpc) is 3.65. The van der Waals surface area contributed by atoms with Gasteiger partial charge in [-0.25, -0.2) is 13.4 Å². The first kappa shape index (κ1) is 28.5. The largest absolute Gasteiger partial charge is 0.378 e. The maximum absolute atomic E-state index is 13.7. The number of nitrogens with one attached hydrogen (secondary N) is 1. The molecular weight excluding hydrogens is 560 g/mol. The van der Waals surface area contributed by atoms with Crippen LogP contribution in [0, 0.1) is 13.8 Å². The van der Waals surface area contributed by atoms with Crippen molar-refractivity contribution in [2.24, 2.45) is 0 Å². The molecule has 0 saturated carbocycles. The Morgan fingerprint density at radius 3 is 2.49 bits per heavy atom. The summed E-state index contributed by atoms with van der Waals surface area (Å²) in [6.07, 6.45) is 5.06. The summed E-state index contributed by atoms with van der Waals surface area (Å²) < 4.78 is 39.5. The van der Waals surface area contributed by atoms with Crippen molar-refractivity contribution in [2.75, 3.05) is 23.7 Å². The van der Waals surface area contributed by atoms with E-state index in [0.717, 1.165) is 58.3 Å². The minimum atomic E-state index is -3.98. The van der Waals surface area contributed by atoms with E-state index in [-0.39, 0.29) is 10.7 Å². The first-order chi connectivity index (χ1) is 20.7. The Morgan fingerprint density at radius 1 is 0.977 bits per heavy atom. The van der Waals surface area contributed by atoms with Gasteiger partial charge in [-0.2, -0.15) is 0 Å². The molecule has 0 radical (unpaired) electrons. The van der Waals surface area contributed by atoms with Crippen LogP contribution in [0.25, 0.3) is 27.6 Å². The lowest BCUT2D eigenvalue weighted by Crippen LogP contribution is -2.16. The van der Waals surface area contributed by atoms with E-state index in [9.17, 15) is 8.42 Å². The van der Waals surface area contributed by atoms with Gasteiger partial charge in [-0.15, -0.1) is 0 Å². The molecule has 0 amide bonds. The maximum atomic E-state index is 13.7. The van der Waals surface area contributed by atoms with Crippen molar-refractivity contribution in [3.05, 3.63) is 95.6 Å². The molecule has 6 aromatic rings. The van der Waals surface area contributed by atoms with Crippen LogP contribution in [0.15, 0.2) is 82.3 Å². The fourth-order valence-electron chi connectivity index (χ4n) is 5.47. The zero-order valence-electron chi connectivity index (χ0n) is 25.1. The van der Waals surface area contributed by atoms with E-state index in [1.807, 2.05) is 55.2 Å². The van der Waals surface area contributed by atoms with Gasteiger partial charge in [0.15, 0.2) is 5.82 Å². The van der Waals surface area contributed by atoms with Crippen LogP contribution in [0.2, 0.25) is 0 Å². The fraction of sp³-hybridized carbons (Fsp3) is 0.273. The number of sulfonamides is 1. The van der Waals surface area contributed by atoms with Crippen LogP contribution in [0.3, 0.4) is 0 Å². The highest BCUT2D eigenvalue weighted by Crippen LogP contribution is 2.32. The minimum absolute atomic E-state index is 0.148. The average molecular weight is 597 g/mol. The Hall–Kier alpha value is -4.57. The van der Waals surface area contributed by atoms with E-state index in [2.05, 4.69) is 50.5 Å². The Bertz CT molecular complexity index is 2050. The Kier molecular flexibility index (Phi) is 7.47. The van der Waals surface area contributed by atoms with Gasteiger partial charge in [-0.05, 0) is 62.2 Å². The summed E-state index contributed by atoms with van der Waals surface area (Å²) in [5.74, 6) is 1.81. The van der Waals surface area contributed by atoms with E-state index in [1.54, 1.807) is 26.0 Å². The number of nitrogens with zero attached hydrogens (tertiary/aromatic N) is 5. The van der Waals surface area contributed by atoms with Crippen LogP contribution in [-0.4, -0.2) is 41.8 Å². The van der Waals surface area contributed by atoms with Gasteiger partial charge in [0.05, 0.1) is 28.8 Å². The van der Waals surface area contributed by atoms with Gasteiger partial charge in [0.25, 0.3) is 10.0 Å². The number of aryl methyl sites for hydroxylation is 2. The van der Waals surface area contributed by atoms with Crippen LogP contribution in [0.1, 0.15) is 42.5 Å². The fourth-order valence-corrected chi connectivity index (χ4v) is 6.73. The Morgan fingerprint density at radius 2 is 1.74 bits per heavy atom. The molecule has 1 N–H and O–H groups in total. The quantitative estimate of drug-likeness (QED) is 0.186. The molecule has 3 heterocycles. The zero-order chi connectivity index (χ0) is 30.3. The van der Waals surface area contributed by atoms with E-state index < -0.39 is 10.0 Å². The molecule has 9 nitrogen and oxygen atoms in total. The highest BCUT2D eigenvalue weighted by Gasteiger charge is 2.24. The second kappa shape index (κ2) is 11.3. The lowest BCUT2D eigenvalue weighted by Gasteiger charge is -2.13. The van der Waals surface area contributed by atoms with Gasteiger partial charge in [0.2, 0.25) is 0 Å². The van der Waals surface area contributed by atoms with Crippen LogP contribution >= 0.6 is 0 Å². The number of fused-ring (bicyclic) bond motifs is 2. The highest BCUT2D eigenvalue weighted by atomic mass is 32.2. The van der Waals surface area contributed by atoms with Gasteiger partial charge < -0.3 is 18.6 Å². The number of unbranched alkanes of at least 4 members (excludes halogenated alkanes) is 1. The second-order valence-electron chi connectivity index (χ2n) is 11.1. The Balaban J connectivity index is 1.46. The number of para-hydroxylation sites is 2. The summed E-state index contributed by atoms with van der Waals surface area (Å²) in [6, 6.07) is 21.5. The molecule has 222 valence electrons. The van der Waals surface area contributed by atoms with Crippen molar-refractivity contribution in [2.45, 2.75) is 51.5 Å². The SMILES string of the molecule is CCCCc1nc2cc(N(C)C)ccc2n1Cc1cn(-c2ccccc2S(=O)(=O)Nc2noc(C)c2C)c2ccccc12. The highest BCUT2D eigenvalue weighted by molar-refractivity contribution is 7.92. The van der Waals surface area contributed by atoms with E-state index in [4.69, 9.17) is 9.51 Å². The standard InChI is InChI=1S/C33H36N6O3S/c1-6-7-16-32-34-27-19-25(37(4)5)17-18-29(27)39(32)21-24-20-38(28-13-9-8-12-26(24)28)30-14-10-11-15-31(30)43(40,41)36-33-22(2)23(3)42-35-33/h8-15,17-20H,6-7,16,21H2,1-5H3,(H,35,36). The molecule has 3 aromatic carbocycles. The summed E-state index contributed by atoms with van der Waals surface area (Å²) in [7, 11) is 0.0883. The number of benzene rings is 3. The van der Waals surface area contributed by atoms with Gasteiger partial charge in [-0.1, -0.05) is 48.8 Å². The number of hydrogen-bond donors (Lipinski definition) is 1. The smallest absolute Gasteiger partial charge is 0.265 e. The zero-order valence-corrected chi connectivity index (χ0v) is 25.9. The topological polar surface area (TPSA) is 98.2 Å². The molecule has 6 rings (SSSR count). The number of hydrogen-bond acceptors (Lipinski definition) is 6. The molecule has 0 fully saturated rings. The molecule has 0 aliphatic heterocycles. The molecule has 0 atom stereocenters. The molecular formula is C33H36N6O3S. The van der Waals surface area contributed by atoms with Gasteiger partial charge in [-0.3, -0.25) is 4.72 Å². The van der Waals surface area contributed by atoms with E-state index >= 15 is 0 Å². The number of imidazole rings is 1. The number of rotatable bonds is 10. The molecule has 0 aliphatic rings. The summed E-state index contributed by atoms with van der Waals surface area (Å²) in [5, 5.41) is 4.96. The molecule has 43 heavy (non-hydrogen) atoms. The normalized spacial score (nSPS) is 11.9. The van der Waals surface area contributed by atoms with Crippen molar-refractivity contribution < 1.29 is 12.9 Å². The summed E-state index contributed by atoms with van der Waals surface area (Å²) >= 11 is 0. The first-order valence-electron chi connectivity index (χ1n) is 14.5. The second-order valence-corrected chi connectivity index (χ2v) is 12.8. The molecule has 0 saturated heterocycles. The predicted molar refractivity (Wildman–Crippen MR) is 172 cm³/mol. The van der Waals surface area contributed by atoms with Gasteiger partial charge in [0.1, 0.15) is 16.5 Å². The first-order valence-corrected chi connectivity index (χ1v) is 16.0. The number of anilines is 2. The van der Waals surface area contributed by atoms with Gasteiger partial charge in [0, 0.05) is 43.4 Å². The third-order valence-corrected chi connectivity index (χ3v) is 9.39. The van der Waals surface area contributed by atoms with Crippen molar-refractivity contribution in [1.29, 1.82) is 0 Å². The van der Waals surface area contributed by atoms with Crippen LogP contribution in [0.5, 0.6) is 0 Å². The monoisotopic (exact) mass is 596 g/mol. The molecule has 0 aliphatic carbocycles. The van der Waals surface area contributed by atoms with E-state index in [0.29, 0.717) is 23.6 Å².